The summed E-state index contributed by atoms with van der Waals surface area (Å²) in [5.41, 5.74) is 5.85. The molecule has 1 amide bonds. The van der Waals surface area contributed by atoms with E-state index < -0.39 is 0 Å². The Kier molecular flexibility index (Phi) is 4.25. The van der Waals surface area contributed by atoms with E-state index in [9.17, 15) is 4.79 Å². The standard InChI is InChI=1S/C19H21NOS/c1-4-14-7-5-6-13(3)18(14)20-19(21)17-11-15-9-8-12(2)10-16(15)22-17/h5-10,17H,4,11H2,1-3H3,(H,20,21)/t17-/m1/s1. The molecular weight excluding hydrogens is 290 g/mol. The molecule has 0 radical (unpaired) electrons. The molecule has 3 heteroatoms. The Morgan fingerprint density at radius 3 is 2.86 bits per heavy atom. The number of fused-ring (bicyclic) bond motifs is 1. The molecule has 22 heavy (non-hydrogen) atoms. The van der Waals surface area contributed by atoms with Gasteiger partial charge in [-0.3, -0.25) is 4.79 Å². The first kappa shape index (κ1) is 15.2. The van der Waals surface area contributed by atoms with Crippen LogP contribution in [0.5, 0.6) is 0 Å². The molecule has 0 unspecified atom stereocenters. The highest BCUT2D eigenvalue weighted by Crippen LogP contribution is 2.38. The quantitative estimate of drug-likeness (QED) is 0.903. The fourth-order valence-electron chi connectivity index (χ4n) is 2.89. The average Bonchev–Trinajstić information content (AvgIpc) is 2.92. The van der Waals surface area contributed by atoms with Gasteiger partial charge in [-0.25, -0.2) is 0 Å². The maximum atomic E-state index is 12.7. The summed E-state index contributed by atoms with van der Waals surface area (Å²) in [6.45, 7) is 6.26. The first-order valence-electron chi connectivity index (χ1n) is 7.74. The third kappa shape index (κ3) is 2.91. The SMILES string of the molecule is CCc1cccc(C)c1NC(=O)[C@H]1Cc2ccc(C)cc2S1. The van der Waals surface area contributed by atoms with E-state index in [1.165, 1.54) is 21.6 Å². The van der Waals surface area contributed by atoms with Crippen LogP contribution in [-0.4, -0.2) is 11.2 Å². The van der Waals surface area contributed by atoms with E-state index in [1.54, 1.807) is 11.8 Å². The van der Waals surface area contributed by atoms with Gasteiger partial charge < -0.3 is 5.32 Å². The fraction of sp³-hybridized carbons (Fsp3) is 0.316. The molecule has 0 saturated heterocycles. The van der Waals surface area contributed by atoms with Gasteiger partial charge in [0.1, 0.15) is 0 Å². The van der Waals surface area contributed by atoms with Gasteiger partial charge in [0.15, 0.2) is 0 Å². The highest BCUT2D eigenvalue weighted by atomic mass is 32.2. The van der Waals surface area contributed by atoms with E-state index in [0.29, 0.717) is 0 Å². The summed E-state index contributed by atoms with van der Waals surface area (Å²) in [4.78, 5) is 13.9. The Hall–Kier alpha value is -1.74. The summed E-state index contributed by atoms with van der Waals surface area (Å²) in [5, 5.41) is 3.13. The van der Waals surface area contributed by atoms with E-state index in [2.05, 4.69) is 56.4 Å². The smallest absolute Gasteiger partial charge is 0.238 e. The van der Waals surface area contributed by atoms with Crippen LogP contribution in [0.25, 0.3) is 0 Å². The molecule has 0 aromatic heterocycles. The molecule has 0 fully saturated rings. The number of rotatable bonds is 3. The molecule has 1 heterocycles. The Labute approximate surface area is 136 Å². The lowest BCUT2D eigenvalue weighted by atomic mass is 10.0. The maximum Gasteiger partial charge on any atom is 0.238 e. The van der Waals surface area contributed by atoms with Gasteiger partial charge in [-0.2, -0.15) is 0 Å². The Morgan fingerprint density at radius 1 is 1.27 bits per heavy atom. The lowest BCUT2D eigenvalue weighted by molar-refractivity contribution is -0.115. The molecule has 2 aromatic carbocycles. The van der Waals surface area contributed by atoms with Gasteiger partial charge in [-0.15, -0.1) is 11.8 Å². The lowest BCUT2D eigenvalue weighted by Crippen LogP contribution is -2.25. The topological polar surface area (TPSA) is 29.1 Å². The molecule has 0 saturated carbocycles. The predicted octanol–water partition coefficient (Wildman–Crippen LogP) is 4.52. The number of anilines is 1. The molecule has 1 atom stereocenters. The van der Waals surface area contributed by atoms with Crippen molar-refractivity contribution in [3.63, 3.8) is 0 Å². The average molecular weight is 311 g/mol. The van der Waals surface area contributed by atoms with Crippen LogP contribution < -0.4 is 5.32 Å². The molecule has 0 aliphatic carbocycles. The van der Waals surface area contributed by atoms with Crippen LogP contribution in [0, 0.1) is 13.8 Å². The molecule has 1 aliphatic heterocycles. The number of benzene rings is 2. The third-order valence-electron chi connectivity index (χ3n) is 4.18. The highest BCUT2D eigenvalue weighted by Gasteiger charge is 2.28. The van der Waals surface area contributed by atoms with Crippen molar-refractivity contribution in [3.05, 3.63) is 58.7 Å². The molecule has 1 aliphatic rings. The molecule has 0 spiro atoms. The third-order valence-corrected chi connectivity index (χ3v) is 5.48. The second kappa shape index (κ2) is 6.17. The Morgan fingerprint density at radius 2 is 2.09 bits per heavy atom. The lowest BCUT2D eigenvalue weighted by Gasteiger charge is -2.15. The number of carbonyl (C=O) groups is 1. The zero-order valence-electron chi connectivity index (χ0n) is 13.3. The van der Waals surface area contributed by atoms with Gasteiger partial charge in [0.2, 0.25) is 5.91 Å². The summed E-state index contributed by atoms with van der Waals surface area (Å²) in [6, 6.07) is 12.6. The predicted molar refractivity (Wildman–Crippen MR) is 93.7 cm³/mol. The van der Waals surface area contributed by atoms with Crippen LogP contribution in [0.4, 0.5) is 5.69 Å². The summed E-state index contributed by atoms with van der Waals surface area (Å²) >= 11 is 1.68. The number of amides is 1. The Balaban J connectivity index is 1.77. The second-order valence-corrected chi connectivity index (χ2v) is 7.12. The number of hydrogen-bond acceptors (Lipinski definition) is 2. The van der Waals surface area contributed by atoms with Gasteiger partial charge in [-0.05, 0) is 49.4 Å². The molecule has 2 nitrogen and oxygen atoms in total. The minimum Gasteiger partial charge on any atom is -0.325 e. The minimum absolute atomic E-state index is 0.0267. The van der Waals surface area contributed by atoms with Crippen LogP contribution in [0.3, 0.4) is 0 Å². The summed E-state index contributed by atoms with van der Waals surface area (Å²) < 4.78 is 0. The number of carbonyl (C=O) groups excluding carboxylic acids is 1. The summed E-state index contributed by atoms with van der Waals surface area (Å²) in [7, 11) is 0. The largest absolute Gasteiger partial charge is 0.325 e. The summed E-state index contributed by atoms with van der Waals surface area (Å²) in [5.74, 6) is 0.114. The molecule has 1 N–H and O–H groups in total. The fourth-order valence-corrected chi connectivity index (χ4v) is 4.18. The van der Waals surface area contributed by atoms with Gasteiger partial charge in [0, 0.05) is 10.6 Å². The first-order chi connectivity index (χ1) is 10.6. The van der Waals surface area contributed by atoms with Crippen LogP contribution in [-0.2, 0) is 17.6 Å². The van der Waals surface area contributed by atoms with E-state index in [-0.39, 0.29) is 11.2 Å². The number of aryl methyl sites for hydroxylation is 3. The van der Waals surface area contributed by atoms with Gasteiger partial charge in [0.05, 0.1) is 5.25 Å². The second-order valence-electron chi connectivity index (χ2n) is 5.87. The van der Waals surface area contributed by atoms with Crippen molar-refractivity contribution in [2.45, 2.75) is 43.8 Å². The van der Waals surface area contributed by atoms with Crippen molar-refractivity contribution in [2.24, 2.45) is 0 Å². The monoisotopic (exact) mass is 311 g/mol. The molecule has 3 rings (SSSR count). The zero-order chi connectivity index (χ0) is 15.7. The van der Waals surface area contributed by atoms with E-state index in [0.717, 1.165) is 24.1 Å². The van der Waals surface area contributed by atoms with Crippen molar-refractivity contribution in [1.29, 1.82) is 0 Å². The van der Waals surface area contributed by atoms with E-state index in [4.69, 9.17) is 0 Å². The first-order valence-corrected chi connectivity index (χ1v) is 8.62. The van der Waals surface area contributed by atoms with Crippen molar-refractivity contribution in [1.82, 2.24) is 0 Å². The summed E-state index contributed by atoms with van der Waals surface area (Å²) in [6.07, 6.45) is 1.74. The van der Waals surface area contributed by atoms with Gasteiger partial charge in [-0.1, -0.05) is 42.8 Å². The van der Waals surface area contributed by atoms with E-state index in [1.807, 2.05) is 6.07 Å². The normalized spacial score (nSPS) is 16.4. The van der Waals surface area contributed by atoms with Gasteiger partial charge >= 0.3 is 0 Å². The number of thioether (sulfide) groups is 1. The number of hydrogen-bond donors (Lipinski definition) is 1. The van der Waals surface area contributed by atoms with Crippen molar-refractivity contribution in [3.8, 4) is 0 Å². The van der Waals surface area contributed by atoms with Crippen molar-refractivity contribution < 1.29 is 4.79 Å². The van der Waals surface area contributed by atoms with Crippen LogP contribution in [0.15, 0.2) is 41.3 Å². The molecular formula is C19H21NOS. The zero-order valence-corrected chi connectivity index (χ0v) is 14.1. The van der Waals surface area contributed by atoms with Crippen molar-refractivity contribution in [2.75, 3.05) is 5.32 Å². The van der Waals surface area contributed by atoms with E-state index >= 15 is 0 Å². The number of para-hydroxylation sites is 1. The number of nitrogens with one attached hydrogen (secondary N) is 1. The van der Waals surface area contributed by atoms with Crippen LogP contribution in [0.1, 0.15) is 29.2 Å². The van der Waals surface area contributed by atoms with Crippen molar-refractivity contribution >= 4 is 23.4 Å². The molecule has 2 aromatic rings. The van der Waals surface area contributed by atoms with Gasteiger partial charge in [0.25, 0.3) is 0 Å². The maximum absolute atomic E-state index is 12.7. The Bertz CT molecular complexity index is 723. The molecule has 0 bridgehead atoms. The minimum atomic E-state index is -0.0267. The highest BCUT2D eigenvalue weighted by molar-refractivity contribution is 8.01. The molecule has 114 valence electrons. The van der Waals surface area contributed by atoms with Crippen LogP contribution >= 0.6 is 11.8 Å². The van der Waals surface area contributed by atoms with Crippen LogP contribution in [0.2, 0.25) is 0 Å².